The highest BCUT2D eigenvalue weighted by molar-refractivity contribution is 6.30. The monoisotopic (exact) mass is 382 g/mol. The molecule has 4 rings (SSSR count). The Morgan fingerprint density at radius 1 is 1.11 bits per heavy atom. The lowest BCUT2D eigenvalue weighted by Crippen LogP contribution is -2.52. The summed E-state index contributed by atoms with van der Waals surface area (Å²) in [5.41, 5.74) is 2.15. The van der Waals surface area contributed by atoms with Gasteiger partial charge in [0.15, 0.2) is 5.82 Å². The summed E-state index contributed by atoms with van der Waals surface area (Å²) in [5, 5.41) is 7.64. The fraction of sp³-hybridized carbons (Fsp3) is 0.250. The van der Waals surface area contributed by atoms with Gasteiger partial charge in [-0.05, 0) is 23.3 Å². The summed E-state index contributed by atoms with van der Waals surface area (Å²) in [5.74, 6) is 1.37. The van der Waals surface area contributed by atoms with E-state index in [4.69, 9.17) is 16.1 Å². The predicted molar refractivity (Wildman–Crippen MR) is 102 cm³/mol. The Hall–Kier alpha value is -2.86. The second-order valence-corrected chi connectivity index (χ2v) is 7.03. The molecule has 2 heterocycles. The van der Waals surface area contributed by atoms with Gasteiger partial charge in [-0.2, -0.15) is 4.98 Å². The Bertz CT molecular complexity index is 905. The van der Waals surface area contributed by atoms with E-state index in [1.54, 1.807) is 4.90 Å². The van der Waals surface area contributed by atoms with E-state index < -0.39 is 0 Å². The first-order valence-electron chi connectivity index (χ1n) is 8.81. The molecule has 3 aromatic rings. The standard InChI is InChI=1S/C20H19ClN4O2/c21-17-8-6-15(7-9-17)11-22-20(26)25-12-16(13-25)19-23-18(24-27-19)10-14-4-2-1-3-5-14/h1-9,16H,10-13H2,(H,22,26). The van der Waals surface area contributed by atoms with Gasteiger partial charge in [-0.15, -0.1) is 0 Å². The number of rotatable bonds is 5. The van der Waals surface area contributed by atoms with E-state index in [-0.39, 0.29) is 11.9 Å². The Morgan fingerprint density at radius 3 is 2.59 bits per heavy atom. The van der Waals surface area contributed by atoms with Crippen LogP contribution in [-0.2, 0) is 13.0 Å². The quantitative estimate of drug-likeness (QED) is 0.731. The van der Waals surface area contributed by atoms with Crippen molar-refractivity contribution in [1.29, 1.82) is 0 Å². The number of carbonyl (C=O) groups excluding carboxylic acids is 1. The van der Waals surface area contributed by atoms with Crippen LogP contribution in [0.2, 0.25) is 5.02 Å². The number of benzene rings is 2. The fourth-order valence-electron chi connectivity index (χ4n) is 2.98. The molecular weight excluding hydrogens is 364 g/mol. The molecule has 1 N–H and O–H groups in total. The van der Waals surface area contributed by atoms with E-state index in [0.29, 0.717) is 42.8 Å². The lowest BCUT2D eigenvalue weighted by molar-refractivity contribution is 0.136. The maximum Gasteiger partial charge on any atom is 0.317 e. The molecule has 7 heteroatoms. The van der Waals surface area contributed by atoms with Crippen molar-refractivity contribution >= 4 is 17.6 Å². The molecule has 138 valence electrons. The third-order valence-electron chi connectivity index (χ3n) is 4.56. The first-order valence-corrected chi connectivity index (χ1v) is 9.19. The second kappa shape index (κ2) is 7.80. The van der Waals surface area contributed by atoms with Crippen molar-refractivity contribution in [1.82, 2.24) is 20.4 Å². The summed E-state index contributed by atoms with van der Waals surface area (Å²) in [4.78, 5) is 18.4. The van der Waals surface area contributed by atoms with E-state index in [9.17, 15) is 4.79 Å². The summed E-state index contributed by atoms with van der Waals surface area (Å²) in [6, 6.07) is 17.3. The molecule has 6 nitrogen and oxygen atoms in total. The number of aromatic nitrogens is 2. The van der Waals surface area contributed by atoms with Crippen LogP contribution in [0, 0.1) is 0 Å². The fourth-order valence-corrected chi connectivity index (χ4v) is 3.10. The number of nitrogens with one attached hydrogen (secondary N) is 1. The highest BCUT2D eigenvalue weighted by Gasteiger charge is 2.35. The second-order valence-electron chi connectivity index (χ2n) is 6.60. The van der Waals surface area contributed by atoms with E-state index in [2.05, 4.69) is 15.5 Å². The molecule has 27 heavy (non-hydrogen) atoms. The zero-order chi connectivity index (χ0) is 18.6. The summed E-state index contributed by atoms with van der Waals surface area (Å²) in [7, 11) is 0. The number of amides is 2. The molecule has 1 aliphatic rings. The summed E-state index contributed by atoms with van der Waals surface area (Å²) in [6.07, 6.45) is 0.641. The minimum atomic E-state index is -0.0924. The molecule has 1 aliphatic heterocycles. The van der Waals surface area contributed by atoms with Crippen LogP contribution in [0.15, 0.2) is 59.1 Å². The number of likely N-dealkylation sites (tertiary alicyclic amines) is 1. The van der Waals surface area contributed by atoms with Crippen LogP contribution in [0.1, 0.15) is 28.8 Å². The van der Waals surface area contributed by atoms with Gasteiger partial charge in [-0.3, -0.25) is 0 Å². The first-order chi connectivity index (χ1) is 13.2. The maximum absolute atomic E-state index is 12.2. The Kier molecular flexibility index (Phi) is 5.07. The summed E-state index contributed by atoms with van der Waals surface area (Å²) in [6.45, 7) is 1.64. The molecule has 0 spiro atoms. The van der Waals surface area contributed by atoms with Crippen LogP contribution >= 0.6 is 11.6 Å². The van der Waals surface area contributed by atoms with E-state index in [0.717, 1.165) is 11.1 Å². The van der Waals surface area contributed by atoms with Gasteiger partial charge in [0.1, 0.15) is 0 Å². The van der Waals surface area contributed by atoms with Gasteiger partial charge < -0.3 is 14.7 Å². The molecule has 2 amide bonds. The van der Waals surface area contributed by atoms with Crippen LogP contribution in [0.4, 0.5) is 4.79 Å². The molecule has 0 saturated carbocycles. The third kappa shape index (κ3) is 4.28. The van der Waals surface area contributed by atoms with Crippen molar-refractivity contribution in [3.05, 3.63) is 82.5 Å². The minimum Gasteiger partial charge on any atom is -0.339 e. The zero-order valence-corrected chi connectivity index (χ0v) is 15.4. The van der Waals surface area contributed by atoms with E-state index in [1.165, 1.54) is 0 Å². The Morgan fingerprint density at radius 2 is 1.85 bits per heavy atom. The van der Waals surface area contributed by atoms with Crippen molar-refractivity contribution in [2.75, 3.05) is 13.1 Å². The lowest BCUT2D eigenvalue weighted by Gasteiger charge is -2.36. The zero-order valence-electron chi connectivity index (χ0n) is 14.6. The average Bonchev–Trinajstić information content (AvgIpc) is 3.09. The van der Waals surface area contributed by atoms with Crippen molar-refractivity contribution in [2.24, 2.45) is 0 Å². The van der Waals surface area contributed by atoms with Gasteiger partial charge in [0.2, 0.25) is 5.89 Å². The molecule has 2 aromatic carbocycles. The van der Waals surface area contributed by atoms with Crippen LogP contribution < -0.4 is 5.32 Å². The average molecular weight is 383 g/mol. The van der Waals surface area contributed by atoms with Gasteiger partial charge in [-0.25, -0.2) is 4.79 Å². The van der Waals surface area contributed by atoms with Gasteiger partial charge >= 0.3 is 6.03 Å². The van der Waals surface area contributed by atoms with E-state index in [1.807, 2.05) is 54.6 Å². The first kappa shape index (κ1) is 17.5. The minimum absolute atomic E-state index is 0.0924. The number of halogens is 1. The summed E-state index contributed by atoms with van der Waals surface area (Å²) >= 11 is 5.86. The smallest absolute Gasteiger partial charge is 0.317 e. The molecular formula is C20H19ClN4O2. The normalized spacial score (nSPS) is 14.0. The van der Waals surface area contributed by atoms with Crippen molar-refractivity contribution in [3.8, 4) is 0 Å². The highest BCUT2D eigenvalue weighted by atomic mass is 35.5. The number of hydrogen-bond donors (Lipinski definition) is 1. The van der Waals surface area contributed by atoms with Gasteiger partial charge in [0.25, 0.3) is 0 Å². The molecule has 0 bridgehead atoms. The van der Waals surface area contributed by atoms with Crippen LogP contribution in [0.5, 0.6) is 0 Å². The molecule has 1 saturated heterocycles. The summed E-state index contributed by atoms with van der Waals surface area (Å²) < 4.78 is 5.38. The number of hydrogen-bond acceptors (Lipinski definition) is 4. The topological polar surface area (TPSA) is 71.3 Å². The molecule has 0 aliphatic carbocycles. The van der Waals surface area contributed by atoms with E-state index >= 15 is 0 Å². The van der Waals surface area contributed by atoms with Gasteiger partial charge in [-0.1, -0.05) is 59.2 Å². The molecule has 0 unspecified atom stereocenters. The van der Waals surface area contributed by atoms with Crippen molar-refractivity contribution < 1.29 is 9.32 Å². The van der Waals surface area contributed by atoms with Crippen molar-refractivity contribution in [3.63, 3.8) is 0 Å². The van der Waals surface area contributed by atoms with Crippen LogP contribution in [0.25, 0.3) is 0 Å². The Labute approximate surface area is 162 Å². The predicted octanol–water partition coefficient (Wildman–Crippen LogP) is 3.62. The molecule has 1 fully saturated rings. The number of carbonyl (C=O) groups is 1. The highest BCUT2D eigenvalue weighted by Crippen LogP contribution is 2.26. The number of urea groups is 1. The van der Waals surface area contributed by atoms with Crippen LogP contribution in [-0.4, -0.2) is 34.2 Å². The number of nitrogens with zero attached hydrogens (tertiary/aromatic N) is 3. The van der Waals surface area contributed by atoms with Gasteiger partial charge in [0.05, 0.1) is 5.92 Å². The lowest BCUT2D eigenvalue weighted by atomic mass is 10.0. The Balaban J connectivity index is 1.25. The molecule has 0 radical (unpaired) electrons. The van der Waals surface area contributed by atoms with Gasteiger partial charge in [0, 0.05) is 31.1 Å². The largest absolute Gasteiger partial charge is 0.339 e. The third-order valence-corrected chi connectivity index (χ3v) is 4.82. The molecule has 0 atom stereocenters. The van der Waals surface area contributed by atoms with Crippen molar-refractivity contribution in [2.45, 2.75) is 18.9 Å². The van der Waals surface area contributed by atoms with Crippen LogP contribution in [0.3, 0.4) is 0 Å². The SMILES string of the molecule is O=C(NCc1ccc(Cl)cc1)N1CC(c2nc(Cc3ccccc3)no2)C1. The maximum atomic E-state index is 12.2. The molecule has 1 aromatic heterocycles.